The number of hydrogen-bond acceptors (Lipinski definition) is 2. The Bertz CT molecular complexity index is 941. The van der Waals surface area contributed by atoms with Gasteiger partial charge in [-0.05, 0) is 55.7 Å². The number of piperidine rings is 1. The van der Waals surface area contributed by atoms with E-state index in [1.165, 1.54) is 12.1 Å². The quantitative estimate of drug-likeness (QED) is 0.709. The minimum absolute atomic E-state index is 0.0341. The maximum atomic E-state index is 13.8. The Morgan fingerprint density at radius 3 is 2.64 bits per heavy atom. The number of carbonyl (C=O) groups is 1. The fraction of sp³-hybridized carbons (Fsp3) is 0.300. The highest BCUT2D eigenvalue weighted by molar-refractivity contribution is 6.07. The largest absolute Gasteiger partial charge is 0.349 e. The van der Waals surface area contributed by atoms with E-state index in [4.69, 9.17) is 0 Å². The van der Waals surface area contributed by atoms with Gasteiger partial charge in [0.25, 0.3) is 5.91 Å². The third kappa shape index (κ3) is 2.90. The van der Waals surface area contributed by atoms with Gasteiger partial charge >= 0.3 is 0 Å². The van der Waals surface area contributed by atoms with Crippen molar-refractivity contribution in [3.05, 3.63) is 54.0 Å². The average molecular weight is 337 g/mol. The molecular weight excluding hydrogens is 317 g/mol. The molecule has 0 aliphatic carbocycles. The summed E-state index contributed by atoms with van der Waals surface area (Å²) in [5, 5.41) is 0.577. The van der Waals surface area contributed by atoms with Crippen molar-refractivity contribution < 1.29 is 9.18 Å². The van der Waals surface area contributed by atoms with Gasteiger partial charge < -0.3 is 9.47 Å². The van der Waals surface area contributed by atoms with Crippen LogP contribution in [-0.2, 0) is 7.05 Å². The number of aryl methyl sites for hydroxylation is 1. The maximum Gasteiger partial charge on any atom is 0.254 e. The van der Waals surface area contributed by atoms with E-state index in [0.717, 1.165) is 43.7 Å². The van der Waals surface area contributed by atoms with E-state index < -0.39 is 0 Å². The summed E-state index contributed by atoms with van der Waals surface area (Å²) >= 11 is 0. The molecule has 25 heavy (non-hydrogen) atoms. The van der Waals surface area contributed by atoms with Crippen molar-refractivity contribution >= 4 is 16.8 Å². The van der Waals surface area contributed by atoms with E-state index in [9.17, 15) is 9.18 Å². The maximum absolute atomic E-state index is 13.8. The van der Waals surface area contributed by atoms with E-state index in [-0.39, 0.29) is 11.7 Å². The van der Waals surface area contributed by atoms with Gasteiger partial charge in [-0.15, -0.1) is 0 Å². The van der Waals surface area contributed by atoms with Crippen LogP contribution >= 0.6 is 0 Å². The first-order valence-corrected chi connectivity index (χ1v) is 8.65. The minimum atomic E-state index is -0.353. The lowest BCUT2D eigenvalue weighted by molar-refractivity contribution is 0.0726. The predicted molar refractivity (Wildman–Crippen MR) is 95.9 cm³/mol. The number of benzene rings is 1. The summed E-state index contributed by atoms with van der Waals surface area (Å²) in [7, 11) is 1.94. The number of likely N-dealkylation sites (tertiary alicyclic amines) is 1. The molecular formula is C20H20FN3O. The van der Waals surface area contributed by atoms with Crippen LogP contribution in [0.2, 0.25) is 0 Å². The highest BCUT2D eigenvalue weighted by Crippen LogP contribution is 2.27. The summed E-state index contributed by atoms with van der Waals surface area (Å²) in [6.07, 6.45) is 5.14. The zero-order chi connectivity index (χ0) is 17.4. The van der Waals surface area contributed by atoms with E-state index in [0.29, 0.717) is 16.5 Å². The van der Waals surface area contributed by atoms with Crippen LogP contribution in [0.25, 0.3) is 22.3 Å². The molecule has 2 aromatic heterocycles. The summed E-state index contributed by atoms with van der Waals surface area (Å²) in [4.78, 5) is 19.6. The van der Waals surface area contributed by atoms with E-state index >= 15 is 0 Å². The molecule has 128 valence electrons. The van der Waals surface area contributed by atoms with Crippen LogP contribution < -0.4 is 0 Å². The number of rotatable bonds is 2. The molecule has 0 N–H and O–H groups in total. The second kappa shape index (κ2) is 6.31. The number of carbonyl (C=O) groups excluding carboxylic acids is 1. The van der Waals surface area contributed by atoms with Gasteiger partial charge in [0, 0.05) is 31.7 Å². The zero-order valence-electron chi connectivity index (χ0n) is 14.2. The molecule has 1 saturated heterocycles. The molecule has 1 amide bonds. The number of hydrogen-bond donors (Lipinski definition) is 0. The first kappa shape index (κ1) is 15.8. The van der Waals surface area contributed by atoms with Gasteiger partial charge in [0.1, 0.15) is 5.82 Å². The lowest BCUT2D eigenvalue weighted by Crippen LogP contribution is -2.35. The fourth-order valence-corrected chi connectivity index (χ4v) is 3.50. The summed E-state index contributed by atoms with van der Waals surface area (Å²) in [5.41, 5.74) is 2.83. The number of nitrogens with zero attached hydrogens (tertiary/aromatic N) is 3. The van der Waals surface area contributed by atoms with Gasteiger partial charge in [-0.25, -0.2) is 9.37 Å². The summed E-state index contributed by atoms with van der Waals surface area (Å²) < 4.78 is 15.8. The SMILES string of the molecule is Cn1cccc1-c1cc(C(=O)N2CCCCC2)c2cc(F)ccc2n1. The number of aromatic nitrogens is 2. The molecule has 1 aliphatic rings. The Hall–Kier alpha value is -2.69. The van der Waals surface area contributed by atoms with E-state index in [2.05, 4.69) is 4.98 Å². The summed E-state index contributed by atoms with van der Waals surface area (Å²) in [6.45, 7) is 1.52. The van der Waals surface area contributed by atoms with Crippen LogP contribution in [0, 0.1) is 5.82 Å². The highest BCUT2D eigenvalue weighted by atomic mass is 19.1. The van der Waals surface area contributed by atoms with E-state index in [1.54, 1.807) is 12.1 Å². The molecule has 5 heteroatoms. The van der Waals surface area contributed by atoms with Crippen LogP contribution in [-0.4, -0.2) is 33.4 Å². The molecule has 4 rings (SSSR count). The summed E-state index contributed by atoms with van der Waals surface area (Å²) in [5.74, 6) is -0.387. The van der Waals surface area contributed by atoms with Crippen LogP contribution in [0.3, 0.4) is 0 Å². The zero-order valence-corrected chi connectivity index (χ0v) is 14.2. The summed E-state index contributed by atoms with van der Waals surface area (Å²) in [6, 6.07) is 10.1. The fourth-order valence-electron chi connectivity index (χ4n) is 3.50. The van der Waals surface area contributed by atoms with Gasteiger partial charge in [0.15, 0.2) is 0 Å². The highest BCUT2D eigenvalue weighted by Gasteiger charge is 2.22. The van der Waals surface area contributed by atoms with Gasteiger partial charge in [-0.2, -0.15) is 0 Å². The van der Waals surface area contributed by atoms with Crippen molar-refractivity contribution in [2.75, 3.05) is 13.1 Å². The minimum Gasteiger partial charge on any atom is -0.349 e. The molecule has 0 radical (unpaired) electrons. The van der Waals surface area contributed by atoms with Crippen LogP contribution in [0.5, 0.6) is 0 Å². The van der Waals surface area contributed by atoms with Crippen LogP contribution in [0.4, 0.5) is 4.39 Å². The van der Waals surface area contributed by atoms with Crippen LogP contribution in [0.15, 0.2) is 42.6 Å². The Morgan fingerprint density at radius 2 is 1.92 bits per heavy atom. The standard InChI is InChI=1S/C20H20FN3O/c1-23-9-5-6-19(23)18-13-16(20(25)24-10-3-2-4-11-24)15-12-14(21)7-8-17(15)22-18/h5-9,12-13H,2-4,10-11H2,1H3. The molecule has 0 atom stereocenters. The Labute approximate surface area is 145 Å². The molecule has 0 bridgehead atoms. The third-order valence-corrected chi connectivity index (χ3v) is 4.85. The predicted octanol–water partition coefficient (Wildman–Crippen LogP) is 4.01. The lowest BCUT2D eigenvalue weighted by Gasteiger charge is -2.27. The topological polar surface area (TPSA) is 38.1 Å². The van der Waals surface area contributed by atoms with Gasteiger partial charge in [-0.3, -0.25) is 4.79 Å². The first-order chi connectivity index (χ1) is 12.1. The van der Waals surface area contributed by atoms with Crippen molar-refractivity contribution in [3.8, 4) is 11.4 Å². The Balaban J connectivity index is 1.89. The van der Waals surface area contributed by atoms with Gasteiger partial charge in [0.2, 0.25) is 0 Å². The molecule has 0 saturated carbocycles. The first-order valence-electron chi connectivity index (χ1n) is 8.65. The van der Waals surface area contributed by atoms with E-state index in [1.807, 2.05) is 34.8 Å². The normalized spacial score (nSPS) is 14.9. The van der Waals surface area contributed by atoms with Crippen molar-refractivity contribution in [2.24, 2.45) is 7.05 Å². The Kier molecular flexibility index (Phi) is 3.99. The van der Waals surface area contributed by atoms with Crippen molar-refractivity contribution in [3.63, 3.8) is 0 Å². The molecule has 1 aromatic carbocycles. The van der Waals surface area contributed by atoms with Crippen LogP contribution in [0.1, 0.15) is 29.6 Å². The number of fused-ring (bicyclic) bond motifs is 1. The number of amides is 1. The molecule has 4 nitrogen and oxygen atoms in total. The number of pyridine rings is 1. The second-order valence-corrected chi connectivity index (χ2v) is 6.57. The second-order valence-electron chi connectivity index (χ2n) is 6.57. The van der Waals surface area contributed by atoms with Crippen molar-refractivity contribution in [2.45, 2.75) is 19.3 Å². The van der Waals surface area contributed by atoms with Gasteiger partial charge in [-0.1, -0.05) is 0 Å². The Morgan fingerprint density at radius 1 is 1.12 bits per heavy atom. The molecule has 1 fully saturated rings. The van der Waals surface area contributed by atoms with Crippen molar-refractivity contribution in [1.82, 2.24) is 14.5 Å². The molecule has 3 aromatic rings. The molecule has 1 aliphatic heterocycles. The molecule has 3 heterocycles. The smallest absolute Gasteiger partial charge is 0.254 e. The number of halogens is 1. The molecule has 0 spiro atoms. The van der Waals surface area contributed by atoms with Crippen molar-refractivity contribution in [1.29, 1.82) is 0 Å². The monoisotopic (exact) mass is 337 g/mol. The third-order valence-electron chi connectivity index (χ3n) is 4.85. The van der Waals surface area contributed by atoms with Gasteiger partial charge in [0.05, 0.1) is 22.5 Å². The molecule has 0 unspecified atom stereocenters. The lowest BCUT2D eigenvalue weighted by atomic mass is 10.0. The average Bonchev–Trinajstić information content (AvgIpc) is 3.07.